The molecule has 0 bridgehead atoms. The second-order valence-corrected chi connectivity index (χ2v) is 10.4. The maximum absolute atomic E-state index is 12.4. The first-order valence-corrected chi connectivity index (χ1v) is 12.1. The summed E-state index contributed by atoms with van der Waals surface area (Å²) in [4.78, 5) is 13.3. The molecule has 0 unspecified atom stereocenters. The number of hydrogen-bond donors (Lipinski definition) is 2. The summed E-state index contributed by atoms with van der Waals surface area (Å²) in [5.74, 6) is 0.0788. The number of aryl methyl sites for hydroxylation is 1. The lowest BCUT2D eigenvalue weighted by molar-refractivity contribution is 0.102. The van der Waals surface area contributed by atoms with Gasteiger partial charge in [-0.3, -0.25) is 10.1 Å². The predicted octanol–water partition coefficient (Wildman–Crippen LogP) is 3.82. The van der Waals surface area contributed by atoms with Crippen LogP contribution in [0, 0.1) is 6.92 Å². The van der Waals surface area contributed by atoms with E-state index in [2.05, 4.69) is 20.2 Å². The van der Waals surface area contributed by atoms with E-state index >= 15 is 0 Å². The van der Waals surface area contributed by atoms with Crippen molar-refractivity contribution in [3.8, 4) is 0 Å². The van der Waals surface area contributed by atoms with Crippen molar-refractivity contribution in [1.29, 1.82) is 0 Å². The lowest BCUT2D eigenvalue weighted by Gasteiger charge is -2.04. The number of hydrogen-bond acceptors (Lipinski definition) is 7. The molecule has 0 aliphatic carbocycles. The van der Waals surface area contributed by atoms with E-state index in [0.29, 0.717) is 5.75 Å². The summed E-state index contributed by atoms with van der Waals surface area (Å²) in [6.07, 6.45) is 0. The van der Waals surface area contributed by atoms with Crippen LogP contribution in [0.2, 0.25) is 5.02 Å². The maximum Gasteiger partial charge on any atom is 0.269 e. The van der Waals surface area contributed by atoms with Gasteiger partial charge in [0.05, 0.1) is 10.6 Å². The number of carbonyl (C=O) groups excluding carboxylic acids is 1. The van der Waals surface area contributed by atoms with Crippen molar-refractivity contribution in [2.75, 3.05) is 17.6 Å². The molecule has 3 rings (SSSR count). The van der Waals surface area contributed by atoms with Gasteiger partial charge < -0.3 is 0 Å². The number of amides is 1. The summed E-state index contributed by atoms with van der Waals surface area (Å²) >= 11 is 8.30. The third kappa shape index (κ3) is 6.00. The normalized spacial score (nSPS) is 11.4. The zero-order valence-corrected chi connectivity index (χ0v) is 18.5. The Hall–Kier alpha value is -1.98. The van der Waals surface area contributed by atoms with Crippen LogP contribution < -0.4 is 10.0 Å². The Kier molecular flexibility index (Phi) is 7.25. The Morgan fingerprint density at radius 1 is 1.14 bits per heavy atom. The minimum absolute atomic E-state index is 0.0734. The Morgan fingerprint density at radius 2 is 1.86 bits per heavy atom. The van der Waals surface area contributed by atoms with Gasteiger partial charge in [-0.25, -0.2) is 13.1 Å². The third-order valence-corrected chi connectivity index (χ3v) is 7.67. The lowest BCUT2D eigenvalue weighted by Crippen LogP contribution is -2.25. The first kappa shape index (κ1) is 21.7. The molecule has 2 N–H and O–H groups in total. The molecule has 0 atom stereocenters. The van der Waals surface area contributed by atoms with Gasteiger partial charge in [0.2, 0.25) is 9.47 Å². The Morgan fingerprint density at radius 3 is 2.59 bits per heavy atom. The molecule has 0 aliphatic heterocycles. The van der Waals surface area contributed by atoms with Gasteiger partial charge in [0.1, 0.15) is 0 Å². The van der Waals surface area contributed by atoms with E-state index in [1.54, 1.807) is 36.0 Å². The number of sulfonamides is 1. The molecular weight excluding hydrogens is 452 g/mol. The van der Waals surface area contributed by atoms with Gasteiger partial charge in [0.15, 0.2) is 0 Å². The molecule has 7 nitrogen and oxygen atoms in total. The Labute approximate surface area is 182 Å². The van der Waals surface area contributed by atoms with Crippen LogP contribution in [0.25, 0.3) is 0 Å². The molecule has 152 valence electrons. The Bertz CT molecular complexity index is 1100. The van der Waals surface area contributed by atoms with Crippen molar-refractivity contribution in [2.24, 2.45) is 0 Å². The van der Waals surface area contributed by atoms with E-state index < -0.39 is 15.9 Å². The van der Waals surface area contributed by atoms with Crippen LogP contribution in [0.4, 0.5) is 5.13 Å². The van der Waals surface area contributed by atoms with E-state index in [0.717, 1.165) is 16.2 Å². The number of benzene rings is 2. The zero-order chi connectivity index (χ0) is 20.9. The predicted molar refractivity (Wildman–Crippen MR) is 116 cm³/mol. The number of anilines is 1. The van der Waals surface area contributed by atoms with Crippen molar-refractivity contribution in [1.82, 2.24) is 14.9 Å². The van der Waals surface area contributed by atoms with Crippen molar-refractivity contribution in [2.45, 2.75) is 16.2 Å². The number of thioether (sulfide) groups is 1. The summed E-state index contributed by atoms with van der Waals surface area (Å²) in [5.41, 5.74) is 1.43. The summed E-state index contributed by atoms with van der Waals surface area (Å²) < 4.78 is 27.0. The van der Waals surface area contributed by atoms with Crippen molar-refractivity contribution >= 4 is 55.8 Å². The minimum atomic E-state index is -3.80. The van der Waals surface area contributed by atoms with Gasteiger partial charge in [-0.05, 0) is 31.2 Å². The van der Waals surface area contributed by atoms with Crippen LogP contribution in [-0.2, 0) is 10.0 Å². The number of rotatable bonds is 8. The van der Waals surface area contributed by atoms with Crippen LogP contribution in [0.1, 0.15) is 15.9 Å². The second-order valence-electron chi connectivity index (χ2n) is 5.87. The SMILES string of the molecule is Cc1ccc(SCCNS(=O)(=O)c2nnc(NC(=O)c3ccccc3Cl)s2)cc1. The van der Waals surface area contributed by atoms with Crippen LogP contribution >= 0.6 is 34.7 Å². The molecule has 0 spiro atoms. The minimum Gasteiger partial charge on any atom is -0.296 e. The van der Waals surface area contributed by atoms with E-state index in [1.807, 2.05) is 31.2 Å². The maximum atomic E-state index is 12.4. The molecule has 0 aliphatic rings. The monoisotopic (exact) mass is 468 g/mol. The molecule has 11 heteroatoms. The van der Waals surface area contributed by atoms with Crippen molar-refractivity contribution in [3.05, 3.63) is 64.7 Å². The van der Waals surface area contributed by atoms with E-state index in [-0.39, 0.29) is 26.6 Å². The first-order valence-electron chi connectivity index (χ1n) is 8.44. The number of carbonyl (C=O) groups is 1. The summed E-state index contributed by atoms with van der Waals surface area (Å²) in [6, 6.07) is 14.5. The van der Waals surface area contributed by atoms with Crippen molar-refractivity contribution in [3.63, 3.8) is 0 Å². The number of nitrogens with one attached hydrogen (secondary N) is 2. The molecule has 29 heavy (non-hydrogen) atoms. The van der Waals surface area contributed by atoms with Gasteiger partial charge in [-0.2, -0.15) is 0 Å². The highest BCUT2D eigenvalue weighted by Gasteiger charge is 2.21. The summed E-state index contributed by atoms with van der Waals surface area (Å²) in [5, 5.41) is 10.3. The molecule has 2 aromatic carbocycles. The fourth-order valence-electron chi connectivity index (χ4n) is 2.22. The molecule has 1 heterocycles. The largest absolute Gasteiger partial charge is 0.296 e. The molecule has 3 aromatic rings. The third-order valence-electron chi connectivity index (χ3n) is 3.66. The molecule has 1 aromatic heterocycles. The van der Waals surface area contributed by atoms with E-state index in [4.69, 9.17) is 11.6 Å². The van der Waals surface area contributed by atoms with Gasteiger partial charge in [-0.15, -0.1) is 22.0 Å². The molecule has 0 saturated carbocycles. The van der Waals surface area contributed by atoms with E-state index in [9.17, 15) is 13.2 Å². The molecule has 1 amide bonds. The van der Waals surface area contributed by atoms with Crippen LogP contribution in [0.5, 0.6) is 0 Å². The fraction of sp³-hybridized carbons (Fsp3) is 0.167. The fourth-order valence-corrected chi connectivity index (χ4v) is 5.31. The smallest absolute Gasteiger partial charge is 0.269 e. The van der Waals surface area contributed by atoms with Gasteiger partial charge >= 0.3 is 0 Å². The van der Waals surface area contributed by atoms with Crippen molar-refractivity contribution < 1.29 is 13.2 Å². The highest BCUT2D eigenvalue weighted by Crippen LogP contribution is 2.22. The molecule has 0 radical (unpaired) electrons. The van der Waals surface area contributed by atoms with E-state index in [1.165, 1.54) is 5.56 Å². The highest BCUT2D eigenvalue weighted by molar-refractivity contribution is 7.99. The topological polar surface area (TPSA) is 101 Å². The second kappa shape index (κ2) is 9.68. The van der Waals surface area contributed by atoms with Crippen LogP contribution in [-0.4, -0.2) is 36.8 Å². The molecule has 0 saturated heterocycles. The summed E-state index contributed by atoms with van der Waals surface area (Å²) in [7, 11) is -3.80. The first-order chi connectivity index (χ1) is 13.8. The Balaban J connectivity index is 1.55. The highest BCUT2D eigenvalue weighted by atomic mass is 35.5. The molecule has 0 fully saturated rings. The number of aromatic nitrogens is 2. The van der Waals surface area contributed by atoms with Gasteiger partial charge in [0.25, 0.3) is 15.9 Å². The molecular formula is C18H17ClN4O3S3. The lowest BCUT2D eigenvalue weighted by atomic mass is 10.2. The quantitative estimate of drug-likeness (QED) is 0.296. The van der Waals surface area contributed by atoms with Gasteiger partial charge in [-0.1, -0.05) is 52.8 Å². The summed E-state index contributed by atoms with van der Waals surface area (Å²) in [6.45, 7) is 2.25. The number of halogens is 1. The average molecular weight is 469 g/mol. The average Bonchev–Trinajstić information content (AvgIpc) is 3.16. The van der Waals surface area contributed by atoms with Crippen LogP contribution in [0.3, 0.4) is 0 Å². The van der Waals surface area contributed by atoms with Crippen LogP contribution in [0.15, 0.2) is 57.8 Å². The zero-order valence-electron chi connectivity index (χ0n) is 15.3. The number of nitrogens with zero attached hydrogens (tertiary/aromatic N) is 2. The van der Waals surface area contributed by atoms with Gasteiger partial charge in [0, 0.05) is 17.2 Å². The standard InChI is InChI=1S/C18H17ClN4O3S3/c1-12-6-8-13(9-7-12)27-11-10-20-29(25,26)18-23-22-17(28-18)21-16(24)14-4-2-3-5-15(14)19/h2-9,20H,10-11H2,1H3,(H,21,22,24).